The predicted octanol–water partition coefficient (Wildman–Crippen LogP) is 0.751. The lowest BCUT2D eigenvalue weighted by molar-refractivity contribution is 0.500. The van der Waals surface area contributed by atoms with Crippen LogP contribution in [-0.2, 0) is 0 Å². The normalized spacial score (nSPS) is 21.1. The Labute approximate surface area is 89.5 Å². The van der Waals surface area contributed by atoms with Crippen molar-refractivity contribution in [2.45, 2.75) is 13.0 Å². The van der Waals surface area contributed by atoms with Crippen molar-refractivity contribution >= 4 is 5.69 Å². The van der Waals surface area contributed by atoms with Gasteiger partial charge in [0.2, 0.25) is 0 Å². The van der Waals surface area contributed by atoms with Crippen LogP contribution in [0.3, 0.4) is 0 Å². The first-order valence-electron chi connectivity index (χ1n) is 5.15. The zero-order valence-corrected chi connectivity index (χ0v) is 8.77. The standard InChI is InChI=1S/C11H14N4/c1-9-8-13-4-5-15(9)11-2-3-14-10(6-11)7-12/h2-3,6,9,13H,4-5,8H2,1H3. The van der Waals surface area contributed by atoms with Crippen LogP contribution in [0.5, 0.6) is 0 Å². The molecule has 1 aliphatic heterocycles. The summed E-state index contributed by atoms with van der Waals surface area (Å²) in [7, 11) is 0. The SMILES string of the molecule is CC1CNCCN1c1ccnc(C#N)c1. The van der Waals surface area contributed by atoms with Crippen molar-refractivity contribution in [1.82, 2.24) is 10.3 Å². The monoisotopic (exact) mass is 202 g/mol. The zero-order chi connectivity index (χ0) is 10.7. The summed E-state index contributed by atoms with van der Waals surface area (Å²) in [5.74, 6) is 0. The molecule has 1 unspecified atom stereocenters. The van der Waals surface area contributed by atoms with Gasteiger partial charge in [-0.1, -0.05) is 0 Å². The number of nitrogens with zero attached hydrogens (tertiary/aromatic N) is 3. The molecule has 2 rings (SSSR count). The van der Waals surface area contributed by atoms with Crippen molar-refractivity contribution in [3.05, 3.63) is 24.0 Å². The number of nitrogens with one attached hydrogen (secondary N) is 1. The average Bonchev–Trinajstić information content (AvgIpc) is 2.30. The predicted molar refractivity (Wildman–Crippen MR) is 58.6 cm³/mol. The highest BCUT2D eigenvalue weighted by atomic mass is 15.2. The van der Waals surface area contributed by atoms with E-state index in [4.69, 9.17) is 5.26 Å². The number of rotatable bonds is 1. The number of nitriles is 1. The van der Waals surface area contributed by atoms with E-state index in [1.807, 2.05) is 12.1 Å². The second-order valence-corrected chi connectivity index (χ2v) is 3.76. The van der Waals surface area contributed by atoms with E-state index in [1.165, 1.54) is 0 Å². The first-order valence-corrected chi connectivity index (χ1v) is 5.15. The maximum atomic E-state index is 8.78. The summed E-state index contributed by atoms with van der Waals surface area (Å²) in [6, 6.07) is 6.34. The molecule has 0 aromatic carbocycles. The molecule has 0 amide bonds. The molecule has 1 saturated heterocycles. The van der Waals surface area contributed by atoms with Crippen molar-refractivity contribution in [3.8, 4) is 6.07 Å². The molecular weight excluding hydrogens is 188 g/mol. The zero-order valence-electron chi connectivity index (χ0n) is 8.77. The van der Waals surface area contributed by atoms with E-state index in [9.17, 15) is 0 Å². The molecule has 0 bridgehead atoms. The minimum atomic E-state index is 0.465. The number of aromatic nitrogens is 1. The Hall–Kier alpha value is -1.60. The van der Waals surface area contributed by atoms with E-state index in [-0.39, 0.29) is 0 Å². The van der Waals surface area contributed by atoms with Gasteiger partial charge in [-0.15, -0.1) is 0 Å². The summed E-state index contributed by atoms with van der Waals surface area (Å²) in [6.07, 6.45) is 1.70. The molecule has 0 aliphatic carbocycles. The van der Waals surface area contributed by atoms with Crippen molar-refractivity contribution in [2.24, 2.45) is 0 Å². The van der Waals surface area contributed by atoms with Gasteiger partial charge in [-0.05, 0) is 19.1 Å². The quantitative estimate of drug-likeness (QED) is 0.730. The topological polar surface area (TPSA) is 52.0 Å². The smallest absolute Gasteiger partial charge is 0.142 e. The Kier molecular flexibility index (Phi) is 2.84. The van der Waals surface area contributed by atoms with Gasteiger partial charge in [0.15, 0.2) is 0 Å². The van der Waals surface area contributed by atoms with Crippen LogP contribution >= 0.6 is 0 Å². The molecule has 1 aliphatic rings. The van der Waals surface area contributed by atoms with Gasteiger partial charge in [-0.3, -0.25) is 0 Å². The van der Waals surface area contributed by atoms with Crippen LogP contribution in [-0.4, -0.2) is 30.7 Å². The molecule has 78 valence electrons. The first-order chi connectivity index (χ1) is 7.31. The van der Waals surface area contributed by atoms with Gasteiger partial charge in [-0.2, -0.15) is 5.26 Å². The molecule has 1 N–H and O–H groups in total. The van der Waals surface area contributed by atoms with Gasteiger partial charge >= 0.3 is 0 Å². The van der Waals surface area contributed by atoms with E-state index in [0.717, 1.165) is 25.3 Å². The molecule has 1 fully saturated rings. The van der Waals surface area contributed by atoms with Gasteiger partial charge in [0.1, 0.15) is 11.8 Å². The Morgan fingerprint density at radius 3 is 3.27 bits per heavy atom. The van der Waals surface area contributed by atoms with Crippen LogP contribution in [0, 0.1) is 11.3 Å². The lowest BCUT2D eigenvalue weighted by atomic mass is 10.2. The summed E-state index contributed by atoms with van der Waals surface area (Å²) < 4.78 is 0. The molecule has 0 radical (unpaired) electrons. The fraction of sp³-hybridized carbons (Fsp3) is 0.455. The van der Waals surface area contributed by atoms with E-state index in [2.05, 4.69) is 28.2 Å². The average molecular weight is 202 g/mol. The minimum Gasteiger partial charge on any atom is -0.366 e. The Bertz CT molecular complexity index is 382. The van der Waals surface area contributed by atoms with E-state index in [0.29, 0.717) is 11.7 Å². The highest BCUT2D eigenvalue weighted by Gasteiger charge is 2.18. The van der Waals surface area contributed by atoms with Gasteiger partial charge in [0, 0.05) is 37.6 Å². The number of pyridine rings is 1. The summed E-state index contributed by atoms with van der Waals surface area (Å²) in [5, 5.41) is 12.1. The number of anilines is 1. The lowest BCUT2D eigenvalue weighted by Crippen LogP contribution is -2.49. The Morgan fingerprint density at radius 2 is 2.53 bits per heavy atom. The first kappa shape index (κ1) is 9.94. The largest absolute Gasteiger partial charge is 0.366 e. The third-order valence-electron chi connectivity index (χ3n) is 2.69. The molecule has 4 nitrogen and oxygen atoms in total. The lowest BCUT2D eigenvalue weighted by Gasteiger charge is -2.35. The maximum Gasteiger partial charge on any atom is 0.142 e. The van der Waals surface area contributed by atoms with Crippen molar-refractivity contribution in [1.29, 1.82) is 5.26 Å². The van der Waals surface area contributed by atoms with Gasteiger partial charge in [0.05, 0.1) is 0 Å². The molecule has 2 heterocycles. The second-order valence-electron chi connectivity index (χ2n) is 3.76. The molecule has 0 saturated carbocycles. The Morgan fingerprint density at radius 1 is 1.67 bits per heavy atom. The van der Waals surface area contributed by atoms with Crippen LogP contribution < -0.4 is 10.2 Å². The van der Waals surface area contributed by atoms with Gasteiger partial charge < -0.3 is 10.2 Å². The molecule has 4 heteroatoms. The molecule has 15 heavy (non-hydrogen) atoms. The minimum absolute atomic E-state index is 0.465. The van der Waals surface area contributed by atoms with Gasteiger partial charge in [0.25, 0.3) is 0 Å². The Balaban J connectivity index is 2.24. The van der Waals surface area contributed by atoms with E-state index < -0.39 is 0 Å². The third-order valence-corrected chi connectivity index (χ3v) is 2.69. The fourth-order valence-electron chi connectivity index (χ4n) is 1.88. The van der Waals surface area contributed by atoms with Crippen LogP contribution in [0.25, 0.3) is 0 Å². The van der Waals surface area contributed by atoms with Crippen LogP contribution in [0.2, 0.25) is 0 Å². The van der Waals surface area contributed by atoms with Gasteiger partial charge in [-0.25, -0.2) is 4.98 Å². The summed E-state index contributed by atoms with van der Waals surface area (Å²) in [4.78, 5) is 6.28. The van der Waals surface area contributed by atoms with E-state index in [1.54, 1.807) is 6.20 Å². The summed E-state index contributed by atoms with van der Waals surface area (Å²) >= 11 is 0. The maximum absolute atomic E-state index is 8.78. The number of piperazine rings is 1. The van der Waals surface area contributed by atoms with Crippen molar-refractivity contribution in [3.63, 3.8) is 0 Å². The molecule has 1 aromatic rings. The van der Waals surface area contributed by atoms with Crippen molar-refractivity contribution < 1.29 is 0 Å². The van der Waals surface area contributed by atoms with Crippen LogP contribution in [0.15, 0.2) is 18.3 Å². The molecule has 1 aromatic heterocycles. The molecule has 0 spiro atoms. The number of hydrogen-bond donors (Lipinski definition) is 1. The highest BCUT2D eigenvalue weighted by Crippen LogP contribution is 2.18. The molecular formula is C11H14N4. The molecule has 1 atom stereocenters. The third kappa shape index (κ3) is 2.08. The van der Waals surface area contributed by atoms with Crippen LogP contribution in [0.1, 0.15) is 12.6 Å². The highest BCUT2D eigenvalue weighted by molar-refractivity contribution is 5.50. The summed E-state index contributed by atoms with van der Waals surface area (Å²) in [5.41, 5.74) is 1.58. The van der Waals surface area contributed by atoms with Crippen LogP contribution in [0.4, 0.5) is 5.69 Å². The second kappa shape index (κ2) is 4.28. The number of hydrogen-bond acceptors (Lipinski definition) is 4. The fourth-order valence-corrected chi connectivity index (χ4v) is 1.88. The summed E-state index contributed by atoms with van der Waals surface area (Å²) in [6.45, 7) is 5.15. The van der Waals surface area contributed by atoms with Crippen molar-refractivity contribution in [2.75, 3.05) is 24.5 Å². The van der Waals surface area contributed by atoms with E-state index >= 15 is 0 Å².